The lowest BCUT2D eigenvalue weighted by atomic mass is 9.99. The monoisotopic (exact) mass is 1430 g/mol. The Bertz CT molecular complexity index is 3330. The summed E-state index contributed by atoms with van der Waals surface area (Å²) in [4.78, 5) is 198. The van der Waals surface area contributed by atoms with E-state index in [0.717, 1.165) is 0 Å². The van der Waals surface area contributed by atoms with E-state index in [1.165, 1.54) is 6.92 Å². The van der Waals surface area contributed by atoms with Crippen molar-refractivity contribution >= 4 is 99.6 Å². The summed E-state index contributed by atoms with van der Waals surface area (Å²) >= 11 is 0. The van der Waals surface area contributed by atoms with Gasteiger partial charge in [0.15, 0.2) is 5.96 Å². The average molecular weight is 1430 g/mol. The van der Waals surface area contributed by atoms with Crippen LogP contribution in [0.25, 0.3) is 10.9 Å². The van der Waals surface area contributed by atoms with Crippen LogP contribution in [0.15, 0.2) is 65.8 Å². The Morgan fingerprint density at radius 3 is 1.37 bits per heavy atom. The summed E-state index contributed by atoms with van der Waals surface area (Å²) in [5.74, 6) is -13.2. The first-order chi connectivity index (χ1) is 48.3. The zero-order chi connectivity index (χ0) is 76.0. The van der Waals surface area contributed by atoms with Gasteiger partial charge in [-0.3, -0.25) is 67.3 Å². The molecule has 2 aromatic carbocycles. The molecule has 0 aliphatic rings. The number of fused-ring (bicyclic) bond motifs is 1. The minimum absolute atomic E-state index is 0.00388. The molecule has 0 unspecified atom stereocenters. The van der Waals surface area contributed by atoms with Gasteiger partial charge in [0.05, 0.1) is 13.1 Å². The van der Waals surface area contributed by atoms with Crippen molar-refractivity contribution in [1.29, 1.82) is 0 Å². The topological polar surface area (TPSA) is 602 Å². The van der Waals surface area contributed by atoms with Crippen LogP contribution in [0.3, 0.4) is 0 Å². The number of nitrogens with zero attached hydrogens (tertiary/aromatic N) is 1. The van der Waals surface area contributed by atoms with Crippen molar-refractivity contribution < 1.29 is 72.2 Å². The van der Waals surface area contributed by atoms with Crippen molar-refractivity contribution in [2.24, 2.45) is 57.0 Å². The molecular formula is C67H106N20O15. The average Bonchev–Trinajstić information content (AvgIpc) is 1.64. The lowest BCUT2D eigenvalue weighted by molar-refractivity contribution is -0.142. The first-order valence-corrected chi connectivity index (χ1v) is 34.2. The number of aromatic nitrogens is 1. The van der Waals surface area contributed by atoms with E-state index in [-0.39, 0.29) is 82.3 Å². The van der Waals surface area contributed by atoms with Crippen LogP contribution < -0.4 is 98.6 Å². The maximum Gasteiger partial charge on any atom is 0.326 e. The van der Waals surface area contributed by atoms with Crippen LogP contribution in [-0.4, -0.2) is 192 Å². The van der Waals surface area contributed by atoms with Crippen molar-refractivity contribution in [1.82, 2.24) is 63.5 Å². The molecule has 13 amide bonds. The molecule has 102 heavy (non-hydrogen) atoms. The number of aliphatic imine (C=N–C) groups is 1. The molecule has 0 bridgehead atoms. The van der Waals surface area contributed by atoms with Crippen molar-refractivity contribution in [2.75, 3.05) is 32.7 Å². The van der Waals surface area contributed by atoms with Gasteiger partial charge in [0, 0.05) is 49.3 Å². The number of nitrogens with one attached hydrogen (secondary N) is 12. The number of aliphatic carboxylic acids is 1. The van der Waals surface area contributed by atoms with Gasteiger partial charge in [-0.1, -0.05) is 76.2 Å². The highest BCUT2D eigenvalue weighted by Crippen LogP contribution is 2.20. The number of carboxylic acid groups (broad SMARTS) is 1. The van der Waals surface area contributed by atoms with Gasteiger partial charge in [-0.2, -0.15) is 0 Å². The predicted molar refractivity (Wildman–Crippen MR) is 378 cm³/mol. The number of para-hydroxylation sites is 1. The lowest BCUT2D eigenvalue weighted by Gasteiger charge is -2.28. The fourth-order valence-electron chi connectivity index (χ4n) is 10.7. The quantitative estimate of drug-likeness (QED) is 0.0145. The Balaban J connectivity index is 1.97. The summed E-state index contributed by atoms with van der Waals surface area (Å²) in [6.45, 7) is 7.89. The lowest BCUT2D eigenvalue weighted by Crippen LogP contribution is -2.60. The largest absolute Gasteiger partial charge is 0.480 e. The molecule has 35 heteroatoms. The molecule has 10 atom stereocenters. The number of hydrogen-bond acceptors (Lipinski definition) is 18. The van der Waals surface area contributed by atoms with Crippen molar-refractivity contribution in [3.63, 3.8) is 0 Å². The molecule has 0 spiro atoms. The molecule has 564 valence electrons. The van der Waals surface area contributed by atoms with Crippen molar-refractivity contribution in [3.8, 4) is 0 Å². The number of hydrogen-bond donors (Lipinski definition) is 20. The molecular weight excluding hydrogens is 1320 g/mol. The van der Waals surface area contributed by atoms with Crippen molar-refractivity contribution in [2.45, 2.75) is 198 Å². The normalized spacial score (nSPS) is 14.1. The van der Waals surface area contributed by atoms with Gasteiger partial charge in [-0.15, -0.1) is 0 Å². The highest BCUT2D eigenvalue weighted by molar-refractivity contribution is 5.99. The Kier molecular flexibility index (Phi) is 38.3. The van der Waals surface area contributed by atoms with Gasteiger partial charge in [-0.05, 0) is 126 Å². The minimum atomic E-state index is -1.70. The van der Waals surface area contributed by atoms with Gasteiger partial charge in [-0.25, -0.2) is 4.79 Å². The number of H-pyrrole nitrogens is 1. The van der Waals surface area contributed by atoms with E-state index in [1.54, 1.807) is 60.8 Å². The third kappa shape index (κ3) is 32.4. The molecule has 0 fully saturated rings. The third-order valence-corrected chi connectivity index (χ3v) is 16.1. The van der Waals surface area contributed by atoms with E-state index in [0.29, 0.717) is 54.3 Å². The van der Waals surface area contributed by atoms with Gasteiger partial charge in [0.1, 0.15) is 60.4 Å². The van der Waals surface area contributed by atoms with Crippen molar-refractivity contribution in [3.05, 3.63) is 71.9 Å². The summed E-state index contributed by atoms with van der Waals surface area (Å²) in [5.41, 5.74) is 40.7. The van der Waals surface area contributed by atoms with Gasteiger partial charge in [0.25, 0.3) is 0 Å². The van der Waals surface area contributed by atoms with E-state index >= 15 is 0 Å². The molecule has 0 radical (unpaired) electrons. The number of carbonyl (C=O) groups is 14. The highest BCUT2D eigenvalue weighted by atomic mass is 16.4. The third-order valence-electron chi connectivity index (χ3n) is 16.1. The zero-order valence-corrected chi connectivity index (χ0v) is 58.7. The van der Waals surface area contributed by atoms with Crippen LogP contribution >= 0.6 is 0 Å². The fourth-order valence-corrected chi connectivity index (χ4v) is 10.7. The van der Waals surface area contributed by atoms with Crippen LogP contribution in [0.5, 0.6) is 0 Å². The van der Waals surface area contributed by atoms with E-state index in [1.807, 2.05) is 27.7 Å². The smallest absolute Gasteiger partial charge is 0.326 e. The Morgan fingerprint density at radius 2 is 0.863 bits per heavy atom. The standard InChI is InChI=1S/C67H106N20O15/c1-37(2)30-49(79-55(90)34-70)62(97)86-50(31-38(3)4)63(98)81-44(20-11-13-27-68)60(95)87-52(33-41-35-76-43-19-10-9-18-42(41)43)65(100)84-47(24-26-54(72)89)61(96)83-46(23-25-53(71)88)58(93)77-36-56(91)80-51(32-40-16-7-6-8-17-40)64(99)82-45(22-15-29-75-67(73)74)59(94)78-39(5)57(92)85-48(66(101)102)21-12-14-28-69/h6-10,16-19,35,37-39,44-52,76H,11-15,20-34,36,68-70H2,1-5H3,(H2,71,88)(H2,72,89)(H,77,93)(H,78,94)(H,79,90)(H,80,91)(H,81,98)(H,82,99)(H,83,96)(H,84,100)(H,85,92)(H,86,97)(H,87,95)(H,101,102)(H4,73,74,75)/t39-,44-,45-,46-,47-,48-,49-,50-,51-,52-/m0/s1. The molecule has 1 aromatic heterocycles. The molecule has 3 aromatic rings. The summed E-state index contributed by atoms with van der Waals surface area (Å²) in [6, 6.07) is 1.36. The molecule has 0 saturated carbocycles. The summed E-state index contributed by atoms with van der Waals surface area (Å²) in [5, 5.41) is 38.6. The number of nitrogens with two attached hydrogens (primary N) is 7. The Morgan fingerprint density at radius 1 is 0.441 bits per heavy atom. The van der Waals surface area contributed by atoms with Gasteiger partial charge < -0.3 is 109 Å². The van der Waals surface area contributed by atoms with Crippen LogP contribution in [-0.2, 0) is 80.0 Å². The number of amides is 13. The second kappa shape index (κ2) is 45.5. The van der Waals surface area contributed by atoms with Crippen LogP contribution in [0, 0.1) is 11.8 Å². The van der Waals surface area contributed by atoms with Crippen LogP contribution in [0.2, 0.25) is 0 Å². The van der Waals surface area contributed by atoms with Crippen LogP contribution in [0.4, 0.5) is 0 Å². The molecule has 35 nitrogen and oxygen atoms in total. The number of aromatic amines is 1. The van der Waals surface area contributed by atoms with Crippen LogP contribution in [0.1, 0.15) is 136 Å². The maximum atomic E-state index is 14.9. The van der Waals surface area contributed by atoms with E-state index in [2.05, 4.69) is 68.5 Å². The van der Waals surface area contributed by atoms with E-state index in [9.17, 15) is 72.2 Å². The Labute approximate surface area is 592 Å². The predicted octanol–water partition coefficient (Wildman–Crippen LogP) is -4.08. The van der Waals surface area contributed by atoms with Gasteiger partial charge in [0.2, 0.25) is 76.8 Å². The minimum Gasteiger partial charge on any atom is -0.480 e. The molecule has 27 N–H and O–H groups in total. The first-order valence-electron chi connectivity index (χ1n) is 34.2. The number of carbonyl (C=O) groups excluding carboxylic acids is 13. The molecule has 1 heterocycles. The summed E-state index contributed by atoms with van der Waals surface area (Å²) < 4.78 is 0. The molecule has 0 aliphatic carbocycles. The first kappa shape index (κ1) is 85.9. The Hall–Kier alpha value is -10.3. The molecule has 0 saturated heterocycles. The number of rotatable bonds is 49. The van der Waals surface area contributed by atoms with Gasteiger partial charge >= 0.3 is 5.97 Å². The summed E-state index contributed by atoms with van der Waals surface area (Å²) in [7, 11) is 0. The van der Waals surface area contributed by atoms with E-state index in [4.69, 9.17) is 40.1 Å². The second-order valence-corrected chi connectivity index (χ2v) is 25.7. The fraction of sp³-hybridized carbons (Fsp3) is 0.567. The van der Waals surface area contributed by atoms with E-state index < -0.39 is 182 Å². The number of carboxylic acids is 1. The number of unbranched alkanes of at least 4 members (excludes halogenated alkanes) is 2. The SMILES string of the molecule is CC(C)C[C@H](NC(=O)CN)C(=O)N[C@@H](CC(C)C)C(=O)N[C@@H](CCCCN)C(=O)N[C@@H](Cc1c[nH]c2ccccc12)C(=O)N[C@@H](CCC(N)=O)C(=O)N[C@@H](CCC(N)=O)C(=O)NCC(=O)N[C@@H](Cc1ccccc1)C(=O)N[C@@H](CCCN=C(N)N)C(=O)N[C@@H](C)C(=O)N[C@@H](CCCCN)C(=O)O. The number of primary amides is 2. The molecule has 0 aliphatic heterocycles. The number of benzene rings is 2. The zero-order valence-electron chi connectivity index (χ0n) is 58.7. The molecule has 3 rings (SSSR count). The summed E-state index contributed by atoms with van der Waals surface area (Å²) in [6.07, 6.45) is 1.20. The maximum absolute atomic E-state index is 14.9. The highest BCUT2D eigenvalue weighted by Gasteiger charge is 2.36. The number of guanidine groups is 1. The second-order valence-electron chi connectivity index (χ2n) is 25.7.